The predicted octanol–water partition coefficient (Wildman–Crippen LogP) is 8.46. The van der Waals surface area contributed by atoms with Crippen molar-refractivity contribution in [3.8, 4) is 0 Å². The Balaban J connectivity index is 1.87. The molecule has 2 unspecified atom stereocenters. The molecule has 0 saturated carbocycles. The molecule has 0 radical (unpaired) electrons. The van der Waals surface area contributed by atoms with E-state index in [1.54, 1.807) is 0 Å². The van der Waals surface area contributed by atoms with Gasteiger partial charge >= 0.3 is 0 Å². The largest absolute Gasteiger partial charge is 0.244 e. The van der Waals surface area contributed by atoms with Crippen molar-refractivity contribution in [3.05, 3.63) is 90.5 Å². The Kier molecular flexibility index (Phi) is 10.9. The van der Waals surface area contributed by atoms with Gasteiger partial charge in [0.2, 0.25) is 6.33 Å². The maximum Gasteiger partial charge on any atom is 0.244 e. The summed E-state index contributed by atoms with van der Waals surface area (Å²) in [4.78, 5) is 0. The molecule has 34 heavy (non-hydrogen) atoms. The van der Waals surface area contributed by atoms with E-state index in [9.17, 15) is 0 Å². The van der Waals surface area contributed by atoms with Crippen molar-refractivity contribution < 1.29 is 4.57 Å². The fraction of sp³-hybridized carbons (Fsp3) is 0.531. The summed E-state index contributed by atoms with van der Waals surface area (Å²) in [5.41, 5.74) is 2.89. The van der Waals surface area contributed by atoms with Gasteiger partial charge in [-0.25, -0.2) is 9.13 Å². The molecule has 2 aromatic carbocycles. The summed E-state index contributed by atoms with van der Waals surface area (Å²) in [5, 5.41) is 0. The Morgan fingerprint density at radius 3 is 2.06 bits per heavy atom. The number of aromatic nitrogens is 2. The number of nitrogens with zero attached hydrogens (tertiary/aromatic N) is 2. The summed E-state index contributed by atoms with van der Waals surface area (Å²) in [5.74, 6) is 0. The van der Waals surface area contributed by atoms with Gasteiger partial charge in [0, 0.05) is 5.41 Å². The van der Waals surface area contributed by atoms with Crippen molar-refractivity contribution in [3.63, 3.8) is 0 Å². The van der Waals surface area contributed by atoms with E-state index >= 15 is 0 Å². The lowest BCUT2D eigenvalue weighted by Crippen LogP contribution is -2.38. The average molecular weight is 460 g/mol. The molecule has 0 saturated heterocycles. The minimum absolute atomic E-state index is 0.0203. The number of hydrogen-bond donors (Lipinski definition) is 0. The predicted molar refractivity (Wildman–Crippen MR) is 145 cm³/mol. The maximum atomic E-state index is 2.53. The third kappa shape index (κ3) is 7.58. The summed E-state index contributed by atoms with van der Waals surface area (Å²) in [6.45, 7) is 8.17. The lowest BCUT2D eigenvalue weighted by atomic mass is 9.70. The second-order valence-electron chi connectivity index (χ2n) is 10.3. The summed E-state index contributed by atoms with van der Waals surface area (Å²) in [7, 11) is 0. The van der Waals surface area contributed by atoms with E-state index in [0.717, 1.165) is 13.0 Å². The van der Waals surface area contributed by atoms with E-state index in [2.05, 4.69) is 109 Å². The van der Waals surface area contributed by atoms with Gasteiger partial charge in [-0.05, 0) is 36.8 Å². The molecule has 0 spiro atoms. The van der Waals surface area contributed by atoms with Gasteiger partial charge in [0.05, 0.1) is 6.54 Å². The van der Waals surface area contributed by atoms with Crippen LogP contribution >= 0.6 is 0 Å². The third-order valence-electron chi connectivity index (χ3n) is 7.51. The summed E-state index contributed by atoms with van der Waals surface area (Å²) >= 11 is 0. The molecule has 0 aliphatic rings. The summed E-state index contributed by atoms with van der Waals surface area (Å²) in [6.07, 6.45) is 21.2. The van der Waals surface area contributed by atoms with E-state index in [-0.39, 0.29) is 5.41 Å². The molecule has 1 aromatic heterocycles. The second kappa shape index (κ2) is 14.1. The van der Waals surface area contributed by atoms with Crippen LogP contribution < -0.4 is 4.57 Å². The van der Waals surface area contributed by atoms with Crippen molar-refractivity contribution in [1.29, 1.82) is 0 Å². The van der Waals surface area contributed by atoms with Gasteiger partial charge in [-0.3, -0.25) is 0 Å². The van der Waals surface area contributed by atoms with Gasteiger partial charge in [0.25, 0.3) is 0 Å². The van der Waals surface area contributed by atoms with Crippen molar-refractivity contribution in [2.45, 2.75) is 109 Å². The maximum absolute atomic E-state index is 2.53. The molecule has 0 aliphatic heterocycles. The van der Waals surface area contributed by atoms with Gasteiger partial charge < -0.3 is 0 Å². The first-order chi connectivity index (χ1) is 16.7. The number of aryl methyl sites for hydroxylation is 1. The minimum atomic E-state index is 0.0203. The van der Waals surface area contributed by atoms with Crippen molar-refractivity contribution >= 4 is 0 Å². The number of unbranched alkanes of at least 4 members (excludes halogenated alkanes) is 7. The Morgan fingerprint density at radius 2 is 1.38 bits per heavy atom. The fourth-order valence-corrected chi connectivity index (χ4v) is 5.41. The van der Waals surface area contributed by atoms with Crippen LogP contribution in [-0.2, 0) is 18.4 Å². The molecular weight excluding hydrogens is 412 g/mol. The van der Waals surface area contributed by atoms with Crippen LogP contribution in [0, 0.1) is 0 Å². The molecule has 1 heterocycles. The lowest BCUT2D eigenvalue weighted by Gasteiger charge is -2.37. The normalized spacial score (nSPS) is 14.1. The molecule has 184 valence electrons. The number of hydrogen-bond acceptors (Lipinski definition) is 0. The zero-order valence-corrected chi connectivity index (χ0v) is 22.0. The fourth-order valence-electron chi connectivity index (χ4n) is 5.41. The van der Waals surface area contributed by atoms with Crippen LogP contribution in [0.15, 0.2) is 79.4 Å². The zero-order valence-electron chi connectivity index (χ0n) is 22.0. The van der Waals surface area contributed by atoms with E-state index in [0.29, 0.717) is 6.04 Å². The first-order valence-electron chi connectivity index (χ1n) is 13.8. The van der Waals surface area contributed by atoms with Gasteiger partial charge in [0.1, 0.15) is 18.4 Å². The molecular formula is C32H47N2+. The molecule has 0 aliphatic carbocycles. The van der Waals surface area contributed by atoms with Crippen molar-refractivity contribution in [2.24, 2.45) is 0 Å². The van der Waals surface area contributed by atoms with Gasteiger partial charge in [-0.15, -0.1) is 0 Å². The van der Waals surface area contributed by atoms with Crippen LogP contribution in [0.1, 0.15) is 102 Å². The van der Waals surface area contributed by atoms with E-state index in [1.807, 2.05) is 0 Å². The average Bonchev–Trinajstić information content (AvgIpc) is 3.34. The highest BCUT2D eigenvalue weighted by Gasteiger charge is 2.40. The first kappa shape index (κ1) is 26.3. The highest BCUT2D eigenvalue weighted by atomic mass is 15.1. The van der Waals surface area contributed by atoms with Crippen molar-refractivity contribution in [2.75, 3.05) is 0 Å². The summed E-state index contributed by atoms with van der Waals surface area (Å²) in [6, 6.07) is 22.8. The second-order valence-corrected chi connectivity index (χ2v) is 10.3. The highest BCUT2D eigenvalue weighted by Crippen LogP contribution is 2.41. The van der Waals surface area contributed by atoms with Crippen LogP contribution in [0.25, 0.3) is 0 Å². The quantitative estimate of drug-likeness (QED) is 0.150. The topological polar surface area (TPSA) is 8.81 Å². The smallest absolute Gasteiger partial charge is 0.237 e. The Hall–Kier alpha value is -2.35. The number of imidazole rings is 1. The molecule has 0 fully saturated rings. The monoisotopic (exact) mass is 459 g/mol. The molecule has 2 atom stereocenters. The molecule has 2 heteroatoms. The molecule has 0 N–H and O–H groups in total. The van der Waals surface area contributed by atoms with E-state index in [1.165, 1.54) is 75.3 Å². The molecule has 0 bridgehead atoms. The Morgan fingerprint density at radius 1 is 0.765 bits per heavy atom. The van der Waals surface area contributed by atoms with Crippen LogP contribution in [-0.4, -0.2) is 4.57 Å². The molecule has 3 rings (SSSR count). The van der Waals surface area contributed by atoms with E-state index < -0.39 is 0 Å². The van der Waals surface area contributed by atoms with Crippen LogP contribution in [0.4, 0.5) is 0 Å². The van der Waals surface area contributed by atoms with Crippen molar-refractivity contribution in [1.82, 2.24) is 4.57 Å². The molecule has 0 amide bonds. The minimum Gasteiger partial charge on any atom is -0.237 e. The van der Waals surface area contributed by atoms with E-state index in [4.69, 9.17) is 0 Å². The van der Waals surface area contributed by atoms with Crippen LogP contribution in [0.5, 0.6) is 0 Å². The van der Waals surface area contributed by atoms with Gasteiger partial charge in [0.15, 0.2) is 0 Å². The summed E-state index contributed by atoms with van der Waals surface area (Å²) < 4.78 is 4.91. The number of rotatable bonds is 16. The Labute approximate surface area is 209 Å². The van der Waals surface area contributed by atoms with Gasteiger partial charge in [-0.1, -0.05) is 126 Å². The molecule has 3 aromatic rings. The van der Waals surface area contributed by atoms with Gasteiger partial charge in [-0.2, -0.15) is 0 Å². The number of benzene rings is 2. The van der Waals surface area contributed by atoms with Crippen LogP contribution in [0.2, 0.25) is 0 Å². The third-order valence-corrected chi connectivity index (χ3v) is 7.51. The first-order valence-corrected chi connectivity index (χ1v) is 13.8. The zero-order chi connectivity index (χ0) is 24.1. The Bertz CT molecular complexity index is 914. The standard InChI is InChI=1S/C32H47N2/c1-4-6-8-9-10-11-18-23-31(34-26-25-33(28-34)24-7-5-2)32(3,30-21-16-13-17-22-30)27-29-19-14-12-15-20-29/h12-17,19-22,25-26,28,31H,4-11,18,23-24,27H2,1-3H3/q+1. The van der Waals surface area contributed by atoms with Crippen LogP contribution in [0.3, 0.4) is 0 Å². The molecule has 2 nitrogen and oxygen atoms in total. The highest BCUT2D eigenvalue weighted by molar-refractivity contribution is 5.30. The SMILES string of the molecule is CCCCCCCCCC(n1cc[n+](CCCC)c1)C(C)(Cc1ccccc1)c1ccccc1. The lowest BCUT2D eigenvalue weighted by molar-refractivity contribution is -0.697.